The maximum atomic E-state index is 5.79. The maximum Gasteiger partial charge on any atom is 0.170 e. The van der Waals surface area contributed by atoms with E-state index in [9.17, 15) is 0 Å². The predicted molar refractivity (Wildman–Crippen MR) is 133 cm³/mol. The number of pyridine rings is 1. The highest BCUT2D eigenvalue weighted by molar-refractivity contribution is 9.10. The van der Waals surface area contributed by atoms with Crippen LogP contribution < -0.4 is 5.32 Å². The van der Waals surface area contributed by atoms with Gasteiger partial charge < -0.3 is 19.2 Å². The first-order valence-electron chi connectivity index (χ1n) is 10.5. The van der Waals surface area contributed by atoms with E-state index in [2.05, 4.69) is 79.9 Å². The number of nitrogens with zero attached hydrogens (tertiary/aromatic N) is 3. The molecular formula is C25H23BrN4OS. The average Bonchev–Trinajstić information content (AvgIpc) is 3.48. The molecule has 0 radical (unpaired) electrons. The monoisotopic (exact) mass is 506 g/mol. The Balaban J connectivity index is 1.63. The van der Waals surface area contributed by atoms with E-state index in [0.29, 0.717) is 11.7 Å². The van der Waals surface area contributed by atoms with Gasteiger partial charge in [-0.1, -0.05) is 28.1 Å². The highest BCUT2D eigenvalue weighted by Crippen LogP contribution is 2.42. The standard InChI is InChI=1S/C25H23BrN4OS/c1-16-13-21(17(2)30(16)19-8-5-7-18(26)14-19)24-23(22-10-3-4-11-27-22)28-25(32)29(24)15-20-9-6-12-31-20/h3-14,23-24H,15H2,1-2H3,(H,28,32)/t23-,24-/m0/s1. The number of furan rings is 1. The molecule has 162 valence electrons. The molecule has 1 aliphatic heterocycles. The van der Waals surface area contributed by atoms with E-state index in [0.717, 1.165) is 21.6 Å². The molecule has 0 saturated carbocycles. The molecule has 5 nitrogen and oxygen atoms in total. The Morgan fingerprint density at radius 2 is 1.97 bits per heavy atom. The number of aromatic nitrogens is 2. The van der Waals surface area contributed by atoms with Crippen LogP contribution in [0.25, 0.3) is 5.69 Å². The molecule has 32 heavy (non-hydrogen) atoms. The zero-order chi connectivity index (χ0) is 22.2. The smallest absolute Gasteiger partial charge is 0.170 e. The second-order valence-corrected chi connectivity index (χ2v) is 9.28. The third-order valence-corrected chi connectivity index (χ3v) is 6.80. The maximum absolute atomic E-state index is 5.79. The van der Waals surface area contributed by atoms with Gasteiger partial charge in [-0.15, -0.1) is 0 Å². The van der Waals surface area contributed by atoms with E-state index < -0.39 is 0 Å². The summed E-state index contributed by atoms with van der Waals surface area (Å²) in [5.41, 5.74) is 5.67. The summed E-state index contributed by atoms with van der Waals surface area (Å²) < 4.78 is 9.00. The van der Waals surface area contributed by atoms with Crippen LogP contribution in [-0.2, 0) is 6.54 Å². The Morgan fingerprint density at radius 1 is 1.09 bits per heavy atom. The number of rotatable bonds is 5. The van der Waals surface area contributed by atoms with E-state index in [1.807, 2.05) is 36.5 Å². The van der Waals surface area contributed by atoms with Gasteiger partial charge >= 0.3 is 0 Å². The summed E-state index contributed by atoms with van der Waals surface area (Å²) in [5.74, 6) is 0.876. The normalized spacial score (nSPS) is 18.2. The van der Waals surface area contributed by atoms with Crippen LogP contribution in [0.15, 0.2) is 82.0 Å². The van der Waals surface area contributed by atoms with Gasteiger partial charge in [-0.05, 0) is 80.2 Å². The van der Waals surface area contributed by atoms with Gasteiger partial charge in [0.25, 0.3) is 0 Å². The molecule has 0 amide bonds. The molecule has 0 aliphatic carbocycles. The topological polar surface area (TPSA) is 46.2 Å². The number of thiocarbonyl (C=S) groups is 1. The zero-order valence-corrected chi connectivity index (χ0v) is 20.2. The van der Waals surface area contributed by atoms with Crippen molar-refractivity contribution in [3.05, 3.63) is 106 Å². The van der Waals surface area contributed by atoms with Crippen molar-refractivity contribution in [3.8, 4) is 5.69 Å². The lowest BCUT2D eigenvalue weighted by Gasteiger charge is -2.27. The minimum absolute atomic E-state index is 0.0189. The molecule has 5 rings (SSSR count). The lowest BCUT2D eigenvalue weighted by molar-refractivity contribution is 0.286. The van der Waals surface area contributed by atoms with Crippen LogP contribution in [0, 0.1) is 13.8 Å². The van der Waals surface area contributed by atoms with Crippen molar-refractivity contribution < 1.29 is 4.42 Å². The fourth-order valence-corrected chi connectivity index (χ4v) is 5.28. The summed E-state index contributed by atoms with van der Waals surface area (Å²) in [4.78, 5) is 6.85. The van der Waals surface area contributed by atoms with E-state index in [-0.39, 0.29) is 12.1 Å². The van der Waals surface area contributed by atoms with Crippen LogP contribution in [0.1, 0.15) is 40.5 Å². The molecule has 4 aromatic rings. The summed E-state index contributed by atoms with van der Waals surface area (Å²) in [5, 5.41) is 4.23. The SMILES string of the molecule is Cc1cc([C@H]2[C@H](c3ccccn3)NC(=S)N2Cc2ccco2)c(C)n1-c1cccc(Br)c1. The molecule has 1 N–H and O–H groups in total. The molecular weight excluding hydrogens is 484 g/mol. The van der Waals surface area contributed by atoms with Crippen molar-refractivity contribution in [1.82, 2.24) is 19.8 Å². The number of hydrogen-bond acceptors (Lipinski definition) is 3. The molecule has 1 aromatic carbocycles. The molecule has 1 fully saturated rings. The van der Waals surface area contributed by atoms with Crippen LogP contribution in [0.4, 0.5) is 0 Å². The first-order chi connectivity index (χ1) is 15.5. The molecule has 0 spiro atoms. The van der Waals surface area contributed by atoms with Crippen molar-refractivity contribution in [1.29, 1.82) is 0 Å². The summed E-state index contributed by atoms with van der Waals surface area (Å²) in [6, 6.07) is 20.5. The minimum Gasteiger partial charge on any atom is -0.467 e. The van der Waals surface area contributed by atoms with E-state index in [1.165, 1.54) is 17.0 Å². The van der Waals surface area contributed by atoms with Crippen molar-refractivity contribution >= 4 is 33.3 Å². The van der Waals surface area contributed by atoms with Crippen LogP contribution >= 0.6 is 28.1 Å². The Kier molecular flexibility index (Phi) is 5.61. The van der Waals surface area contributed by atoms with Crippen molar-refractivity contribution in [2.24, 2.45) is 0 Å². The van der Waals surface area contributed by atoms with Gasteiger partial charge in [0.15, 0.2) is 5.11 Å². The van der Waals surface area contributed by atoms with Gasteiger partial charge in [0.05, 0.1) is 30.6 Å². The molecule has 3 aromatic heterocycles. The number of aryl methyl sites for hydroxylation is 1. The Labute approximate surface area is 201 Å². The average molecular weight is 507 g/mol. The fraction of sp³-hybridized carbons (Fsp3) is 0.200. The molecule has 0 unspecified atom stereocenters. The third kappa shape index (κ3) is 3.76. The van der Waals surface area contributed by atoms with E-state index in [4.69, 9.17) is 16.6 Å². The van der Waals surface area contributed by atoms with E-state index in [1.54, 1.807) is 6.26 Å². The van der Waals surface area contributed by atoms with Crippen molar-refractivity contribution in [3.63, 3.8) is 0 Å². The lowest BCUT2D eigenvalue weighted by atomic mass is 9.96. The largest absolute Gasteiger partial charge is 0.467 e. The Morgan fingerprint density at radius 3 is 2.69 bits per heavy atom. The molecule has 4 heterocycles. The first-order valence-corrected chi connectivity index (χ1v) is 11.7. The predicted octanol–water partition coefficient (Wildman–Crippen LogP) is 6.02. The number of halogens is 1. The summed E-state index contributed by atoms with van der Waals surface area (Å²) in [6.07, 6.45) is 3.53. The van der Waals surface area contributed by atoms with Gasteiger partial charge in [-0.3, -0.25) is 4.98 Å². The second-order valence-electron chi connectivity index (χ2n) is 7.98. The summed E-state index contributed by atoms with van der Waals surface area (Å²) in [7, 11) is 0. The molecule has 1 aliphatic rings. The van der Waals surface area contributed by atoms with Crippen LogP contribution in [0.3, 0.4) is 0 Å². The molecule has 2 atom stereocenters. The highest BCUT2D eigenvalue weighted by atomic mass is 79.9. The van der Waals surface area contributed by atoms with Gasteiger partial charge in [0.2, 0.25) is 0 Å². The molecule has 1 saturated heterocycles. The van der Waals surface area contributed by atoms with Crippen LogP contribution in [-0.4, -0.2) is 19.6 Å². The third-order valence-electron chi connectivity index (χ3n) is 5.96. The molecule has 0 bridgehead atoms. The summed E-state index contributed by atoms with van der Waals surface area (Å²) in [6.45, 7) is 4.91. The minimum atomic E-state index is -0.0601. The molecule has 7 heteroatoms. The van der Waals surface area contributed by atoms with Gasteiger partial charge in [-0.2, -0.15) is 0 Å². The Hall–Kier alpha value is -2.90. The van der Waals surface area contributed by atoms with Crippen LogP contribution in [0.2, 0.25) is 0 Å². The highest BCUT2D eigenvalue weighted by Gasteiger charge is 2.41. The fourth-order valence-electron chi connectivity index (χ4n) is 4.58. The Bertz CT molecular complexity index is 1250. The van der Waals surface area contributed by atoms with E-state index >= 15 is 0 Å². The van der Waals surface area contributed by atoms with Crippen LogP contribution in [0.5, 0.6) is 0 Å². The van der Waals surface area contributed by atoms with Gasteiger partial charge in [-0.25, -0.2) is 0 Å². The second kappa shape index (κ2) is 8.56. The number of nitrogens with one attached hydrogen (secondary N) is 1. The van der Waals surface area contributed by atoms with Gasteiger partial charge in [0, 0.05) is 27.7 Å². The number of benzene rings is 1. The van der Waals surface area contributed by atoms with Crippen molar-refractivity contribution in [2.45, 2.75) is 32.5 Å². The lowest BCUT2D eigenvalue weighted by Crippen LogP contribution is -2.29. The summed E-state index contributed by atoms with van der Waals surface area (Å²) >= 11 is 9.40. The first kappa shape index (κ1) is 21.0. The number of hydrogen-bond donors (Lipinski definition) is 1. The quantitative estimate of drug-likeness (QED) is 0.335. The van der Waals surface area contributed by atoms with Gasteiger partial charge in [0.1, 0.15) is 5.76 Å². The van der Waals surface area contributed by atoms with Crippen molar-refractivity contribution in [2.75, 3.05) is 0 Å². The zero-order valence-electron chi connectivity index (χ0n) is 17.8.